The number of carbonyl (C=O) groups is 1. The van der Waals surface area contributed by atoms with Crippen molar-refractivity contribution >= 4 is 15.9 Å². The van der Waals surface area contributed by atoms with Gasteiger partial charge in [0.1, 0.15) is 11.5 Å². The lowest BCUT2D eigenvalue weighted by atomic mass is 10.2. The zero-order valence-electron chi connectivity index (χ0n) is 17.8. The predicted octanol–water partition coefficient (Wildman–Crippen LogP) is 3.45. The van der Waals surface area contributed by atoms with Crippen molar-refractivity contribution in [2.45, 2.75) is 24.9 Å². The molecule has 0 bridgehead atoms. The summed E-state index contributed by atoms with van der Waals surface area (Å²) in [5.41, 5.74) is 1.78. The molecule has 1 amide bonds. The molecule has 0 fully saturated rings. The van der Waals surface area contributed by atoms with Gasteiger partial charge in [-0.3, -0.25) is 4.79 Å². The molecule has 0 saturated heterocycles. The molecule has 0 aliphatic heterocycles. The highest BCUT2D eigenvalue weighted by atomic mass is 32.2. The second-order valence-electron chi connectivity index (χ2n) is 7.23. The molecule has 0 radical (unpaired) electrons. The van der Waals surface area contributed by atoms with E-state index in [0.29, 0.717) is 18.1 Å². The number of hydrogen-bond donors (Lipinski definition) is 0. The van der Waals surface area contributed by atoms with E-state index in [2.05, 4.69) is 0 Å². The summed E-state index contributed by atoms with van der Waals surface area (Å²) in [6.07, 6.45) is 1.47. The number of aryl methyl sites for hydroxylation is 1. The molecule has 31 heavy (non-hydrogen) atoms. The molecule has 0 N–H and O–H groups in total. The third-order valence-corrected chi connectivity index (χ3v) is 6.71. The largest absolute Gasteiger partial charge is 0.496 e. The van der Waals surface area contributed by atoms with Gasteiger partial charge < -0.3 is 14.1 Å². The maximum atomic E-state index is 13.3. The van der Waals surface area contributed by atoms with Crippen LogP contribution in [0.15, 0.2) is 76.2 Å². The molecule has 0 saturated carbocycles. The maximum absolute atomic E-state index is 13.3. The number of rotatable bonds is 9. The van der Waals surface area contributed by atoms with Crippen LogP contribution in [0.25, 0.3) is 0 Å². The molecular weight excluding hydrogens is 416 g/mol. The van der Waals surface area contributed by atoms with E-state index in [1.165, 1.54) is 11.2 Å². The molecule has 1 aromatic heterocycles. The van der Waals surface area contributed by atoms with Crippen LogP contribution >= 0.6 is 0 Å². The SMILES string of the molecule is COc1ccccc1CN(C)C(=O)CN(Cc1ccco1)S(=O)(=O)c1ccc(C)cc1. The van der Waals surface area contributed by atoms with Gasteiger partial charge in [-0.1, -0.05) is 35.9 Å². The van der Waals surface area contributed by atoms with E-state index in [1.54, 1.807) is 50.6 Å². The summed E-state index contributed by atoms with van der Waals surface area (Å²) < 4.78 is 38.4. The first-order chi connectivity index (χ1) is 14.8. The molecule has 8 heteroatoms. The fraction of sp³-hybridized carbons (Fsp3) is 0.261. The number of ether oxygens (including phenoxy) is 1. The van der Waals surface area contributed by atoms with Crippen molar-refractivity contribution in [1.29, 1.82) is 0 Å². The number of methoxy groups -OCH3 is 1. The average molecular weight is 443 g/mol. The molecule has 3 rings (SSSR count). The van der Waals surface area contributed by atoms with E-state index in [4.69, 9.17) is 9.15 Å². The number of hydrogen-bond acceptors (Lipinski definition) is 5. The first-order valence-corrected chi connectivity index (χ1v) is 11.2. The minimum absolute atomic E-state index is 0.0442. The maximum Gasteiger partial charge on any atom is 0.243 e. The van der Waals surface area contributed by atoms with Crippen LogP contribution in [-0.4, -0.2) is 44.2 Å². The van der Waals surface area contributed by atoms with Crippen molar-refractivity contribution in [3.05, 3.63) is 83.8 Å². The Morgan fingerprint density at radius 2 is 1.71 bits per heavy atom. The van der Waals surface area contributed by atoms with Crippen molar-refractivity contribution in [3.8, 4) is 5.75 Å². The number of furan rings is 1. The second-order valence-corrected chi connectivity index (χ2v) is 9.17. The lowest BCUT2D eigenvalue weighted by Gasteiger charge is -2.25. The molecule has 3 aromatic rings. The lowest BCUT2D eigenvalue weighted by Crippen LogP contribution is -2.40. The highest BCUT2D eigenvalue weighted by molar-refractivity contribution is 7.89. The smallest absolute Gasteiger partial charge is 0.243 e. The second kappa shape index (κ2) is 9.80. The number of para-hydroxylation sites is 1. The van der Waals surface area contributed by atoms with Gasteiger partial charge in [-0.05, 0) is 37.3 Å². The number of likely N-dealkylation sites (N-methyl/N-ethyl adjacent to an activating group) is 1. The summed E-state index contributed by atoms with van der Waals surface area (Å²) >= 11 is 0. The number of carbonyl (C=O) groups excluding carboxylic acids is 1. The van der Waals surface area contributed by atoms with Crippen LogP contribution in [0.2, 0.25) is 0 Å². The zero-order chi connectivity index (χ0) is 22.4. The quantitative estimate of drug-likeness (QED) is 0.507. The minimum Gasteiger partial charge on any atom is -0.496 e. The van der Waals surface area contributed by atoms with Crippen LogP contribution in [0.3, 0.4) is 0 Å². The summed E-state index contributed by atoms with van der Waals surface area (Å²) in [6.45, 7) is 1.81. The Morgan fingerprint density at radius 3 is 2.35 bits per heavy atom. The fourth-order valence-corrected chi connectivity index (χ4v) is 4.47. The van der Waals surface area contributed by atoms with Crippen molar-refractivity contribution in [3.63, 3.8) is 0 Å². The Labute approximate surface area is 182 Å². The van der Waals surface area contributed by atoms with Gasteiger partial charge in [0.25, 0.3) is 0 Å². The third kappa shape index (κ3) is 5.53. The van der Waals surface area contributed by atoms with Gasteiger partial charge in [0.05, 0.1) is 31.4 Å². The van der Waals surface area contributed by atoms with Crippen LogP contribution in [0.4, 0.5) is 0 Å². The lowest BCUT2D eigenvalue weighted by molar-refractivity contribution is -0.130. The van der Waals surface area contributed by atoms with Gasteiger partial charge in [0.15, 0.2) is 0 Å². The van der Waals surface area contributed by atoms with Crippen LogP contribution in [0, 0.1) is 6.92 Å². The van der Waals surface area contributed by atoms with Gasteiger partial charge in [-0.2, -0.15) is 4.31 Å². The Kier molecular flexibility index (Phi) is 7.14. The number of sulfonamides is 1. The Morgan fingerprint density at radius 1 is 1.00 bits per heavy atom. The highest BCUT2D eigenvalue weighted by Crippen LogP contribution is 2.21. The average Bonchev–Trinajstić information content (AvgIpc) is 3.27. The molecule has 7 nitrogen and oxygen atoms in total. The zero-order valence-corrected chi connectivity index (χ0v) is 18.6. The molecule has 0 aliphatic carbocycles. The first kappa shape index (κ1) is 22.6. The topological polar surface area (TPSA) is 80.1 Å². The number of benzene rings is 2. The van der Waals surface area contributed by atoms with Gasteiger partial charge in [-0.25, -0.2) is 8.42 Å². The highest BCUT2D eigenvalue weighted by Gasteiger charge is 2.29. The summed E-state index contributed by atoms with van der Waals surface area (Å²) in [6, 6.07) is 17.3. The Hall–Kier alpha value is -3.10. The van der Waals surface area contributed by atoms with Gasteiger partial charge in [0, 0.05) is 19.2 Å². The molecular formula is C23H26N2O5S. The van der Waals surface area contributed by atoms with E-state index in [1.807, 2.05) is 31.2 Å². The standard InChI is InChI=1S/C23H26N2O5S/c1-18-10-12-21(13-11-18)31(27,28)25(16-20-8-6-14-30-20)17-23(26)24(2)15-19-7-4-5-9-22(19)29-3/h4-14H,15-17H2,1-3H3. The fourth-order valence-electron chi connectivity index (χ4n) is 3.11. The van der Waals surface area contributed by atoms with Crippen LogP contribution in [-0.2, 0) is 27.9 Å². The Balaban J connectivity index is 1.82. The van der Waals surface area contributed by atoms with Gasteiger partial charge >= 0.3 is 0 Å². The molecule has 0 spiro atoms. The van der Waals surface area contributed by atoms with E-state index in [0.717, 1.165) is 15.4 Å². The normalized spacial score (nSPS) is 11.5. The molecule has 0 aliphatic rings. The molecule has 0 unspecified atom stereocenters. The van der Waals surface area contributed by atoms with Crippen LogP contribution in [0.1, 0.15) is 16.9 Å². The number of nitrogens with zero attached hydrogens (tertiary/aromatic N) is 2. The van der Waals surface area contributed by atoms with E-state index in [-0.39, 0.29) is 23.9 Å². The van der Waals surface area contributed by atoms with Gasteiger partial charge in [-0.15, -0.1) is 0 Å². The minimum atomic E-state index is -3.91. The Bertz CT molecular complexity index is 1110. The summed E-state index contributed by atoms with van der Waals surface area (Å²) in [5, 5.41) is 0. The van der Waals surface area contributed by atoms with Crippen molar-refractivity contribution in [1.82, 2.24) is 9.21 Å². The third-order valence-electron chi connectivity index (χ3n) is 4.91. The van der Waals surface area contributed by atoms with Gasteiger partial charge in [0.2, 0.25) is 15.9 Å². The molecule has 1 heterocycles. The van der Waals surface area contributed by atoms with E-state index >= 15 is 0 Å². The van der Waals surface area contributed by atoms with Crippen molar-refractivity contribution in [2.75, 3.05) is 20.7 Å². The summed E-state index contributed by atoms with van der Waals surface area (Å²) in [5.74, 6) is 0.783. The summed E-state index contributed by atoms with van der Waals surface area (Å²) in [7, 11) is -0.700. The molecule has 164 valence electrons. The van der Waals surface area contributed by atoms with E-state index in [9.17, 15) is 13.2 Å². The van der Waals surface area contributed by atoms with Crippen molar-refractivity contribution < 1.29 is 22.4 Å². The molecule has 2 aromatic carbocycles. The predicted molar refractivity (Wildman–Crippen MR) is 117 cm³/mol. The number of amides is 1. The van der Waals surface area contributed by atoms with E-state index < -0.39 is 10.0 Å². The monoisotopic (exact) mass is 442 g/mol. The van der Waals surface area contributed by atoms with Crippen LogP contribution in [0.5, 0.6) is 5.75 Å². The molecule has 0 atom stereocenters. The first-order valence-electron chi connectivity index (χ1n) is 9.76. The summed E-state index contributed by atoms with van der Waals surface area (Å²) in [4.78, 5) is 14.6. The van der Waals surface area contributed by atoms with Crippen molar-refractivity contribution in [2.24, 2.45) is 0 Å². The van der Waals surface area contributed by atoms with Crippen LogP contribution < -0.4 is 4.74 Å².